The third-order valence-electron chi connectivity index (χ3n) is 3.40. The molecule has 21 heavy (non-hydrogen) atoms. The lowest BCUT2D eigenvalue weighted by molar-refractivity contribution is 0.614. The summed E-state index contributed by atoms with van der Waals surface area (Å²) in [4.78, 5) is 6.92. The summed E-state index contributed by atoms with van der Waals surface area (Å²) in [7, 11) is 0. The average molecular weight is 284 g/mol. The first-order chi connectivity index (χ1) is 9.97. The molecule has 3 N–H and O–H groups in total. The van der Waals surface area contributed by atoms with Crippen molar-refractivity contribution in [3.63, 3.8) is 0 Å². The van der Waals surface area contributed by atoms with Crippen LogP contribution >= 0.6 is 0 Å². The normalized spacial score (nSPS) is 11.0. The minimum Gasteiger partial charge on any atom is -0.388 e. The first-order valence-electron chi connectivity index (χ1n) is 7.41. The monoisotopic (exact) mass is 284 g/mol. The van der Waals surface area contributed by atoms with E-state index in [1.54, 1.807) is 0 Å². The molecule has 0 saturated carbocycles. The highest BCUT2D eigenvalue weighted by Crippen LogP contribution is 2.27. The zero-order valence-corrected chi connectivity index (χ0v) is 13.1. The van der Waals surface area contributed by atoms with Crippen LogP contribution in [0.4, 0.5) is 5.69 Å². The fourth-order valence-electron chi connectivity index (χ4n) is 2.55. The van der Waals surface area contributed by atoms with Gasteiger partial charge in [-0.3, -0.25) is 10.4 Å². The average Bonchev–Trinajstić information content (AvgIpc) is 2.42. The third kappa shape index (κ3) is 3.94. The van der Waals surface area contributed by atoms with Crippen LogP contribution in [0.15, 0.2) is 30.3 Å². The van der Waals surface area contributed by atoms with Crippen molar-refractivity contribution < 1.29 is 0 Å². The number of hydrogen-bond acceptors (Lipinski definition) is 3. The van der Waals surface area contributed by atoms with Gasteiger partial charge in [0.25, 0.3) is 0 Å². The molecular weight excluding hydrogens is 260 g/mol. The van der Waals surface area contributed by atoms with Crippen LogP contribution in [0.2, 0.25) is 0 Å². The van der Waals surface area contributed by atoms with Crippen molar-refractivity contribution in [1.82, 2.24) is 4.98 Å². The molecule has 1 aromatic heterocycles. The van der Waals surface area contributed by atoms with Gasteiger partial charge in [-0.25, -0.2) is 0 Å². The molecule has 0 radical (unpaired) electrons. The zero-order valence-electron chi connectivity index (χ0n) is 13.1. The molecule has 2 aromatic rings. The zero-order chi connectivity index (χ0) is 15.4. The second-order valence-corrected chi connectivity index (χ2v) is 5.92. The predicted octanol–water partition coefficient (Wildman–Crippen LogP) is 3.33. The number of nitrogens with zero attached hydrogens (tertiary/aromatic N) is 2. The summed E-state index contributed by atoms with van der Waals surface area (Å²) in [6.07, 6.45) is 0.586. The molecule has 1 heterocycles. The Morgan fingerprint density at radius 3 is 2.71 bits per heavy atom. The number of aromatic nitrogens is 1. The van der Waals surface area contributed by atoms with Crippen LogP contribution in [0.3, 0.4) is 0 Å². The van der Waals surface area contributed by atoms with Gasteiger partial charge in [-0.2, -0.15) is 0 Å². The molecule has 1 aromatic carbocycles. The molecule has 0 spiro atoms. The minimum absolute atomic E-state index is 0.235. The molecule has 4 nitrogen and oxygen atoms in total. The van der Waals surface area contributed by atoms with Gasteiger partial charge in [0.1, 0.15) is 0 Å². The predicted molar refractivity (Wildman–Crippen MR) is 90.1 cm³/mol. The number of para-hydroxylation sites is 1. The summed E-state index contributed by atoms with van der Waals surface area (Å²) in [5, 5.41) is 8.64. The molecule has 112 valence electrons. The quantitative estimate of drug-likeness (QED) is 0.631. The van der Waals surface area contributed by atoms with Crippen LogP contribution in [0.5, 0.6) is 0 Å². The van der Waals surface area contributed by atoms with Crippen LogP contribution in [0.25, 0.3) is 10.9 Å². The molecule has 2 rings (SSSR count). The van der Waals surface area contributed by atoms with Crippen LogP contribution in [-0.2, 0) is 0 Å². The van der Waals surface area contributed by atoms with Crippen LogP contribution in [0.1, 0.15) is 26.0 Å². The Morgan fingerprint density at radius 1 is 1.33 bits per heavy atom. The molecule has 0 bridgehead atoms. The van der Waals surface area contributed by atoms with Gasteiger partial charge >= 0.3 is 0 Å². The number of aryl methyl sites for hydroxylation is 1. The molecule has 4 heteroatoms. The van der Waals surface area contributed by atoms with Crippen molar-refractivity contribution in [1.29, 1.82) is 5.41 Å². The van der Waals surface area contributed by atoms with Gasteiger partial charge in [-0.1, -0.05) is 32.0 Å². The van der Waals surface area contributed by atoms with E-state index in [4.69, 9.17) is 11.1 Å². The smallest absolute Gasteiger partial charge is 0.0923 e. The highest BCUT2D eigenvalue weighted by Gasteiger charge is 2.13. The number of amidine groups is 1. The Kier molecular flexibility index (Phi) is 4.78. The van der Waals surface area contributed by atoms with E-state index in [-0.39, 0.29) is 5.84 Å². The van der Waals surface area contributed by atoms with Crippen molar-refractivity contribution in [2.45, 2.75) is 27.2 Å². The number of nitrogens with two attached hydrogens (primary N) is 1. The Bertz CT molecular complexity index is 634. The molecule has 0 saturated heterocycles. The number of fused-ring (bicyclic) bond motifs is 1. The van der Waals surface area contributed by atoms with Gasteiger partial charge in [0.15, 0.2) is 0 Å². The summed E-state index contributed by atoms with van der Waals surface area (Å²) in [5.41, 5.74) is 8.76. The number of pyridine rings is 1. The summed E-state index contributed by atoms with van der Waals surface area (Å²) in [6, 6.07) is 10.3. The molecule has 0 unspecified atom stereocenters. The van der Waals surface area contributed by atoms with Gasteiger partial charge < -0.3 is 10.6 Å². The molecule has 0 atom stereocenters. The standard InChI is InChI=1S/C17H24N4/c1-12(2)11-21(9-8-17(18)19)16-10-13(3)20-15-7-5-4-6-14(15)16/h4-7,10,12H,8-9,11H2,1-3H3,(H3,18,19). The van der Waals surface area contributed by atoms with Crippen LogP contribution < -0.4 is 10.6 Å². The van der Waals surface area contributed by atoms with E-state index in [1.807, 2.05) is 25.1 Å². The fourth-order valence-corrected chi connectivity index (χ4v) is 2.55. The summed E-state index contributed by atoms with van der Waals surface area (Å²) < 4.78 is 0. The summed E-state index contributed by atoms with van der Waals surface area (Å²) >= 11 is 0. The van der Waals surface area contributed by atoms with E-state index in [9.17, 15) is 0 Å². The van der Waals surface area contributed by atoms with E-state index in [0.29, 0.717) is 12.3 Å². The number of anilines is 1. The maximum absolute atomic E-state index is 7.48. The fraction of sp³-hybridized carbons (Fsp3) is 0.412. The highest BCUT2D eigenvalue weighted by atomic mass is 15.1. The number of nitrogens with one attached hydrogen (secondary N) is 1. The maximum Gasteiger partial charge on any atom is 0.0923 e. The van der Waals surface area contributed by atoms with Crippen molar-refractivity contribution in [3.05, 3.63) is 36.0 Å². The van der Waals surface area contributed by atoms with E-state index < -0.39 is 0 Å². The van der Waals surface area contributed by atoms with Gasteiger partial charge in [-0.15, -0.1) is 0 Å². The van der Waals surface area contributed by atoms with Gasteiger partial charge in [-0.05, 0) is 25.0 Å². The number of rotatable bonds is 6. The SMILES string of the molecule is Cc1cc(N(CCC(=N)N)CC(C)C)c2ccccc2n1. The minimum atomic E-state index is 0.235. The van der Waals surface area contributed by atoms with Gasteiger partial charge in [0.05, 0.1) is 11.4 Å². The highest BCUT2D eigenvalue weighted by molar-refractivity contribution is 5.92. The molecule has 0 aliphatic rings. The maximum atomic E-state index is 7.48. The largest absolute Gasteiger partial charge is 0.388 e. The summed E-state index contributed by atoms with van der Waals surface area (Å²) in [5.74, 6) is 0.781. The van der Waals surface area contributed by atoms with Crippen LogP contribution in [-0.4, -0.2) is 23.9 Å². The van der Waals surface area contributed by atoms with E-state index in [2.05, 4.69) is 35.9 Å². The van der Waals surface area contributed by atoms with Crippen LogP contribution in [0, 0.1) is 18.3 Å². The van der Waals surface area contributed by atoms with Crippen molar-refractivity contribution in [2.75, 3.05) is 18.0 Å². The van der Waals surface area contributed by atoms with Gasteiger partial charge in [0, 0.05) is 36.3 Å². The molecule has 0 fully saturated rings. The van der Waals surface area contributed by atoms with E-state index in [1.165, 1.54) is 5.69 Å². The molecule has 0 aliphatic carbocycles. The van der Waals surface area contributed by atoms with Gasteiger partial charge in [0.2, 0.25) is 0 Å². The Morgan fingerprint density at radius 2 is 2.05 bits per heavy atom. The second kappa shape index (κ2) is 6.57. The Hall–Kier alpha value is -2.10. The lowest BCUT2D eigenvalue weighted by Gasteiger charge is -2.28. The first kappa shape index (κ1) is 15.3. The lowest BCUT2D eigenvalue weighted by Crippen LogP contribution is -2.31. The third-order valence-corrected chi connectivity index (χ3v) is 3.40. The van der Waals surface area contributed by atoms with Crippen molar-refractivity contribution >= 4 is 22.4 Å². The molecule has 0 amide bonds. The first-order valence-corrected chi connectivity index (χ1v) is 7.41. The second-order valence-electron chi connectivity index (χ2n) is 5.92. The molecule has 0 aliphatic heterocycles. The Balaban J connectivity index is 2.44. The lowest BCUT2D eigenvalue weighted by atomic mass is 10.1. The summed E-state index contributed by atoms with van der Waals surface area (Å²) in [6.45, 7) is 8.14. The van der Waals surface area contributed by atoms with Crippen molar-refractivity contribution in [3.8, 4) is 0 Å². The Labute approximate surface area is 126 Å². The molecular formula is C17H24N4. The van der Waals surface area contributed by atoms with Crippen molar-refractivity contribution in [2.24, 2.45) is 11.7 Å². The topological polar surface area (TPSA) is 66.0 Å². The van der Waals surface area contributed by atoms with E-state index in [0.717, 1.165) is 29.7 Å². The number of hydrogen-bond donors (Lipinski definition) is 2. The van der Waals surface area contributed by atoms with E-state index >= 15 is 0 Å². The number of benzene rings is 1.